The highest BCUT2D eigenvalue weighted by atomic mass is 19.1. The molecular weight excluding hydrogens is 380 g/mol. The Kier molecular flexibility index (Phi) is 5.41. The minimum atomic E-state index is -0.655. The fourth-order valence-corrected chi connectivity index (χ4v) is 3.38. The molecule has 3 heterocycles. The first-order valence-electron chi connectivity index (χ1n) is 9.26. The van der Waals surface area contributed by atoms with E-state index in [0.717, 1.165) is 25.5 Å². The molecule has 0 spiro atoms. The zero-order valence-electron chi connectivity index (χ0n) is 15.5. The van der Waals surface area contributed by atoms with Gasteiger partial charge in [-0.05, 0) is 36.6 Å². The van der Waals surface area contributed by atoms with Gasteiger partial charge in [0.25, 0.3) is 0 Å². The molecule has 1 saturated heterocycles. The average molecular weight is 399 g/mol. The lowest BCUT2D eigenvalue weighted by Gasteiger charge is -2.31. The maximum absolute atomic E-state index is 13.3. The highest BCUT2D eigenvalue weighted by Crippen LogP contribution is 2.21. The number of nitrogens with zero attached hydrogens (tertiary/aromatic N) is 5. The molecule has 4 rings (SSSR count). The molecule has 0 saturated carbocycles. The van der Waals surface area contributed by atoms with Crippen LogP contribution in [-0.4, -0.2) is 44.1 Å². The van der Waals surface area contributed by atoms with Crippen molar-refractivity contribution in [1.29, 1.82) is 0 Å². The maximum atomic E-state index is 13.3. The van der Waals surface area contributed by atoms with Crippen molar-refractivity contribution >= 4 is 17.8 Å². The molecule has 0 radical (unpaired) electrons. The van der Waals surface area contributed by atoms with E-state index in [9.17, 15) is 13.6 Å². The third-order valence-corrected chi connectivity index (χ3v) is 4.69. The molecule has 3 aromatic rings. The zero-order valence-corrected chi connectivity index (χ0v) is 15.5. The number of aromatic amines is 1. The van der Waals surface area contributed by atoms with Crippen LogP contribution in [0.1, 0.15) is 24.2 Å². The number of piperidine rings is 1. The van der Waals surface area contributed by atoms with Gasteiger partial charge in [-0.25, -0.2) is 18.7 Å². The molecule has 1 aliphatic heterocycles. The second-order valence-electron chi connectivity index (χ2n) is 6.88. The summed E-state index contributed by atoms with van der Waals surface area (Å²) in [5.41, 5.74) is 0.419. The van der Waals surface area contributed by atoms with Crippen LogP contribution >= 0.6 is 0 Å². The molecule has 1 fully saturated rings. The summed E-state index contributed by atoms with van der Waals surface area (Å²) in [4.78, 5) is 27.3. The lowest BCUT2D eigenvalue weighted by Crippen LogP contribution is -2.41. The molecule has 1 amide bonds. The van der Waals surface area contributed by atoms with Gasteiger partial charge in [0.2, 0.25) is 17.8 Å². The highest BCUT2D eigenvalue weighted by Gasteiger charge is 2.27. The molecule has 1 atom stereocenters. The lowest BCUT2D eigenvalue weighted by molar-refractivity contribution is -0.120. The number of carbonyl (C=O) groups is 1. The van der Waals surface area contributed by atoms with E-state index < -0.39 is 11.6 Å². The van der Waals surface area contributed by atoms with Crippen molar-refractivity contribution in [3.05, 3.63) is 59.7 Å². The molecule has 2 aromatic heterocycles. The highest BCUT2D eigenvalue weighted by molar-refractivity contribution is 5.91. The fraction of sp³-hybridized carbons (Fsp3) is 0.316. The Bertz CT molecular complexity index is 975. The van der Waals surface area contributed by atoms with E-state index in [-0.39, 0.29) is 24.2 Å². The Morgan fingerprint density at radius 1 is 1.21 bits per heavy atom. The van der Waals surface area contributed by atoms with Gasteiger partial charge in [0.05, 0.1) is 5.92 Å². The number of hydrogen-bond acceptors (Lipinski definition) is 6. The van der Waals surface area contributed by atoms with Gasteiger partial charge in [0.1, 0.15) is 17.5 Å². The van der Waals surface area contributed by atoms with Crippen LogP contribution < -0.4 is 10.2 Å². The Labute approximate surface area is 165 Å². The first-order valence-corrected chi connectivity index (χ1v) is 9.26. The van der Waals surface area contributed by atoms with Gasteiger partial charge in [-0.15, -0.1) is 5.10 Å². The maximum Gasteiger partial charge on any atom is 0.248 e. The number of benzene rings is 1. The molecule has 8 nitrogen and oxygen atoms in total. The predicted molar refractivity (Wildman–Crippen MR) is 101 cm³/mol. The molecule has 1 aromatic carbocycles. The van der Waals surface area contributed by atoms with E-state index in [2.05, 4.69) is 30.5 Å². The molecular formula is C19H19F2N7O. The minimum Gasteiger partial charge on any atom is -0.340 e. The van der Waals surface area contributed by atoms with Crippen molar-refractivity contribution in [2.45, 2.75) is 19.3 Å². The van der Waals surface area contributed by atoms with Gasteiger partial charge in [0.15, 0.2) is 0 Å². The largest absolute Gasteiger partial charge is 0.340 e. The fourth-order valence-electron chi connectivity index (χ4n) is 3.38. The quantitative estimate of drug-likeness (QED) is 0.683. The molecule has 0 unspecified atom stereocenters. The van der Waals surface area contributed by atoms with Gasteiger partial charge >= 0.3 is 0 Å². The zero-order chi connectivity index (χ0) is 20.2. The van der Waals surface area contributed by atoms with Crippen molar-refractivity contribution in [2.75, 3.05) is 23.3 Å². The minimum absolute atomic E-state index is 0.134. The number of halogens is 2. The monoisotopic (exact) mass is 399 g/mol. The summed E-state index contributed by atoms with van der Waals surface area (Å²) < 4.78 is 26.6. The summed E-state index contributed by atoms with van der Waals surface area (Å²) >= 11 is 0. The van der Waals surface area contributed by atoms with Gasteiger partial charge in [-0.3, -0.25) is 15.2 Å². The molecule has 150 valence electrons. The van der Waals surface area contributed by atoms with Gasteiger partial charge in [0, 0.05) is 38.0 Å². The SMILES string of the molecule is O=C(Nc1n[nH]c(Cc2cc(F)cc(F)c2)n1)[C@H]1CCCN(c2ncccn2)C1. The Morgan fingerprint density at radius 3 is 2.72 bits per heavy atom. The summed E-state index contributed by atoms with van der Waals surface area (Å²) in [6, 6.07) is 5.01. The average Bonchev–Trinajstić information content (AvgIpc) is 3.14. The normalized spacial score (nSPS) is 16.6. The Balaban J connectivity index is 1.37. The second kappa shape index (κ2) is 8.29. The molecule has 0 aliphatic carbocycles. The molecule has 1 aliphatic rings. The van der Waals surface area contributed by atoms with Crippen molar-refractivity contribution < 1.29 is 13.6 Å². The number of anilines is 2. The first-order chi connectivity index (χ1) is 14.1. The first kappa shape index (κ1) is 18.9. The summed E-state index contributed by atoms with van der Waals surface area (Å²) in [6.45, 7) is 1.30. The number of amides is 1. The topological polar surface area (TPSA) is 99.7 Å². The summed E-state index contributed by atoms with van der Waals surface area (Å²) in [6.07, 6.45) is 5.10. The van der Waals surface area contributed by atoms with Crippen LogP contribution in [0.4, 0.5) is 20.7 Å². The van der Waals surface area contributed by atoms with E-state index in [1.54, 1.807) is 18.5 Å². The smallest absolute Gasteiger partial charge is 0.248 e. The molecule has 0 bridgehead atoms. The third kappa shape index (κ3) is 4.71. The van der Waals surface area contributed by atoms with Crippen LogP contribution in [0, 0.1) is 17.6 Å². The van der Waals surface area contributed by atoms with Crippen LogP contribution in [-0.2, 0) is 11.2 Å². The third-order valence-electron chi connectivity index (χ3n) is 4.69. The lowest BCUT2D eigenvalue weighted by atomic mass is 9.97. The van der Waals surface area contributed by atoms with Crippen molar-refractivity contribution in [3.63, 3.8) is 0 Å². The van der Waals surface area contributed by atoms with Gasteiger partial charge < -0.3 is 4.90 Å². The van der Waals surface area contributed by atoms with Crippen LogP contribution in [0.25, 0.3) is 0 Å². The number of rotatable bonds is 5. The molecule has 2 N–H and O–H groups in total. The molecule has 10 heteroatoms. The van der Waals surface area contributed by atoms with Crippen molar-refractivity contribution in [2.24, 2.45) is 5.92 Å². The van der Waals surface area contributed by atoms with E-state index in [0.29, 0.717) is 23.9 Å². The number of hydrogen-bond donors (Lipinski definition) is 2. The predicted octanol–water partition coefficient (Wildman–Crippen LogP) is 2.32. The van der Waals surface area contributed by atoms with Crippen molar-refractivity contribution in [1.82, 2.24) is 25.1 Å². The second-order valence-corrected chi connectivity index (χ2v) is 6.88. The summed E-state index contributed by atoms with van der Waals surface area (Å²) in [5, 5.41) is 9.36. The summed E-state index contributed by atoms with van der Waals surface area (Å²) in [5.74, 6) is -0.606. The van der Waals surface area contributed by atoms with E-state index in [1.165, 1.54) is 12.1 Å². The van der Waals surface area contributed by atoms with Crippen LogP contribution in [0.3, 0.4) is 0 Å². The van der Waals surface area contributed by atoms with Crippen molar-refractivity contribution in [3.8, 4) is 0 Å². The number of H-pyrrole nitrogens is 1. The van der Waals surface area contributed by atoms with E-state index in [4.69, 9.17) is 0 Å². The van der Waals surface area contributed by atoms with E-state index >= 15 is 0 Å². The standard InChI is InChI=1S/C19H19F2N7O/c20-14-7-12(8-15(21)10-14)9-16-24-18(27-26-16)25-17(29)13-3-1-6-28(11-13)19-22-4-2-5-23-19/h2,4-5,7-8,10,13H,1,3,6,9,11H2,(H2,24,25,26,27,29)/t13-/m0/s1. The van der Waals surface area contributed by atoms with Crippen LogP contribution in [0.15, 0.2) is 36.7 Å². The molecule has 29 heavy (non-hydrogen) atoms. The van der Waals surface area contributed by atoms with Gasteiger partial charge in [-0.1, -0.05) is 0 Å². The van der Waals surface area contributed by atoms with Gasteiger partial charge in [-0.2, -0.15) is 4.98 Å². The number of aromatic nitrogens is 5. The number of nitrogens with one attached hydrogen (secondary N) is 2. The number of carbonyl (C=O) groups excluding carboxylic acids is 1. The van der Waals surface area contributed by atoms with Crippen LogP contribution in [0.2, 0.25) is 0 Å². The Morgan fingerprint density at radius 2 is 1.97 bits per heavy atom. The van der Waals surface area contributed by atoms with Crippen LogP contribution in [0.5, 0.6) is 0 Å². The summed E-state index contributed by atoms with van der Waals surface area (Å²) in [7, 11) is 0. The van der Waals surface area contributed by atoms with E-state index in [1.807, 2.05) is 4.90 Å². The Hall–Kier alpha value is -3.43.